The maximum atomic E-state index is 11.5. The van der Waals surface area contributed by atoms with E-state index in [0.717, 1.165) is 19.4 Å². The molecule has 0 saturated carbocycles. The van der Waals surface area contributed by atoms with E-state index >= 15 is 0 Å². The summed E-state index contributed by atoms with van der Waals surface area (Å²) < 4.78 is 24.7. The maximum absolute atomic E-state index is 11.5. The van der Waals surface area contributed by atoms with Crippen LogP contribution in [0.3, 0.4) is 0 Å². The Kier molecular flexibility index (Phi) is 12.8. The monoisotopic (exact) mass is 306 g/mol. The van der Waals surface area contributed by atoms with Gasteiger partial charge in [0, 0.05) is 6.61 Å². The van der Waals surface area contributed by atoms with Crippen LogP contribution in [0, 0.1) is 0 Å². The van der Waals surface area contributed by atoms with E-state index in [4.69, 9.17) is 14.2 Å². The van der Waals surface area contributed by atoms with Gasteiger partial charge in [0.1, 0.15) is 6.61 Å². The summed E-state index contributed by atoms with van der Waals surface area (Å²) in [4.78, 5) is 22.4. The molecular formula is C14H26O7. The molecule has 0 N–H and O–H groups in total. The van der Waals surface area contributed by atoms with E-state index in [-0.39, 0.29) is 19.8 Å². The molecule has 0 saturated heterocycles. The van der Waals surface area contributed by atoms with Crippen LogP contribution in [0.5, 0.6) is 0 Å². The highest BCUT2D eigenvalue weighted by Gasteiger charge is 2.19. The summed E-state index contributed by atoms with van der Waals surface area (Å²) in [6.07, 6.45) is 0.252. The fraction of sp³-hybridized carbons (Fsp3) is 0.857. The summed E-state index contributed by atoms with van der Waals surface area (Å²) in [7, 11) is 0. The van der Waals surface area contributed by atoms with Gasteiger partial charge in [-0.25, -0.2) is 9.59 Å². The average Bonchev–Trinajstić information content (AvgIpc) is 2.45. The van der Waals surface area contributed by atoms with Crippen molar-refractivity contribution >= 4 is 12.1 Å². The van der Waals surface area contributed by atoms with E-state index in [9.17, 15) is 9.59 Å². The normalized spacial score (nSPS) is 11.8. The van der Waals surface area contributed by atoms with Crippen molar-refractivity contribution in [3.8, 4) is 0 Å². The predicted octanol–water partition coefficient (Wildman–Crippen LogP) is 1.92. The van der Waals surface area contributed by atoms with E-state index in [2.05, 4.69) is 16.4 Å². The Balaban J connectivity index is 3.46. The molecule has 0 radical (unpaired) electrons. The van der Waals surface area contributed by atoms with E-state index < -0.39 is 18.2 Å². The van der Waals surface area contributed by atoms with Crippen LogP contribution in [-0.4, -0.2) is 57.9 Å². The Morgan fingerprint density at radius 3 is 2.14 bits per heavy atom. The molecule has 0 aromatic heterocycles. The Morgan fingerprint density at radius 2 is 1.52 bits per heavy atom. The second-order valence-electron chi connectivity index (χ2n) is 4.19. The summed E-state index contributed by atoms with van der Waals surface area (Å²) in [6, 6.07) is 0. The number of hydrogen-bond acceptors (Lipinski definition) is 7. The van der Waals surface area contributed by atoms with Gasteiger partial charge < -0.3 is 23.7 Å². The third-order valence-electron chi connectivity index (χ3n) is 2.35. The summed E-state index contributed by atoms with van der Waals surface area (Å²) >= 11 is 0. The lowest BCUT2D eigenvalue weighted by atomic mass is 10.4. The van der Waals surface area contributed by atoms with Gasteiger partial charge in [0.15, 0.2) is 6.10 Å². The smallest absolute Gasteiger partial charge is 0.461 e. The van der Waals surface area contributed by atoms with Gasteiger partial charge in [-0.05, 0) is 20.3 Å². The first-order valence-electron chi connectivity index (χ1n) is 7.27. The molecule has 0 aromatic carbocycles. The van der Waals surface area contributed by atoms with E-state index in [1.54, 1.807) is 6.92 Å². The quantitative estimate of drug-likeness (QED) is 0.402. The largest absolute Gasteiger partial charge is 0.509 e. The Hall–Kier alpha value is -1.34. The second-order valence-corrected chi connectivity index (χ2v) is 4.19. The predicted molar refractivity (Wildman–Crippen MR) is 75.1 cm³/mol. The lowest BCUT2D eigenvalue weighted by molar-refractivity contribution is -0.155. The van der Waals surface area contributed by atoms with Crippen LogP contribution in [0.1, 0.15) is 33.6 Å². The maximum Gasteiger partial charge on any atom is 0.509 e. The molecule has 0 amide bonds. The van der Waals surface area contributed by atoms with Crippen LogP contribution in [0.4, 0.5) is 4.79 Å². The van der Waals surface area contributed by atoms with Gasteiger partial charge in [-0.1, -0.05) is 13.3 Å². The molecule has 0 aliphatic carbocycles. The number of carbonyl (C=O) groups is 2. The third kappa shape index (κ3) is 12.1. The first-order chi connectivity index (χ1) is 10.1. The van der Waals surface area contributed by atoms with Crippen LogP contribution < -0.4 is 0 Å². The number of carbonyl (C=O) groups excluding carboxylic acids is 2. The minimum absolute atomic E-state index is 0.102. The molecule has 1 atom stereocenters. The van der Waals surface area contributed by atoms with E-state index in [1.807, 2.05) is 0 Å². The van der Waals surface area contributed by atoms with Gasteiger partial charge in [-0.15, -0.1) is 0 Å². The minimum Gasteiger partial charge on any atom is -0.461 e. The topological polar surface area (TPSA) is 80.3 Å². The fourth-order valence-electron chi connectivity index (χ4n) is 1.23. The molecule has 0 aromatic rings. The highest BCUT2D eigenvalue weighted by Crippen LogP contribution is 1.98. The highest BCUT2D eigenvalue weighted by atomic mass is 16.7. The molecule has 0 heterocycles. The van der Waals surface area contributed by atoms with Crippen molar-refractivity contribution in [1.82, 2.24) is 0 Å². The van der Waals surface area contributed by atoms with E-state index in [1.165, 1.54) is 6.92 Å². The molecule has 0 fully saturated rings. The highest BCUT2D eigenvalue weighted by molar-refractivity contribution is 5.76. The van der Waals surface area contributed by atoms with Gasteiger partial charge >= 0.3 is 12.1 Å². The molecule has 21 heavy (non-hydrogen) atoms. The van der Waals surface area contributed by atoms with Gasteiger partial charge in [-0.2, -0.15) is 0 Å². The van der Waals surface area contributed by atoms with Crippen LogP contribution in [0.2, 0.25) is 0 Å². The van der Waals surface area contributed by atoms with Crippen molar-refractivity contribution in [2.75, 3.05) is 39.6 Å². The second kappa shape index (κ2) is 13.6. The third-order valence-corrected chi connectivity index (χ3v) is 2.35. The molecule has 0 spiro atoms. The Bertz CT molecular complexity index is 280. The molecule has 0 bridgehead atoms. The van der Waals surface area contributed by atoms with Crippen molar-refractivity contribution in [3.05, 3.63) is 0 Å². The lowest BCUT2D eigenvalue weighted by Gasteiger charge is -2.12. The standard InChI is InChI=1S/C14H26O7/c1-4-6-7-17-8-9-18-10-11-20-13(15)12(3)21-14(16)19-5-2/h12H,4-11H2,1-3H3. The number of unbranched alkanes of at least 4 members (excludes halogenated alkanes) is 1. The number of hydrogen-bond donors (Lipinski definition) is 0. The number of esters is 1. The van der Waals surface area contributed by atoms with Crippen molar-refractivity contribution < 1.29 is 33.3 Å². The molecule has 7 heteroatoms. The van der Waals surface area contributed by atoms with Crippen molar-refractivity contribution in [1.29, 1.82) is 0 Å². The van der Waals surface area contributed by atoms with Crippen molar-refractivity contribution in [3.63, 3.8) is 0 Å². The van der Waals surface area contributed by atoms with Gasteiger partial charge in [-0.3, -0.25) is 0 Å². The summed E-state index contributed by atoms with van der Waals surface area (Å²) in [6.45, 7) is 7.44. The Labute approximate surface area is 125 Å². The van der Waals surface area contributed by atoms with Crippen LogP contribution in [0.25, 0.3) is 0 Å². The zero-order valence-electron chi connectivity index (χ0n) is 13.1. The molecule has 1 unspecified atom stereocenters. The molecule has 0 aliphatic heterocycles. The average molecular weight is 306 g/mol. The zero-order valence-corrected chi connectivity index (χ0v) is 13.1. The molecule has 124 valence electrons. The summed E-state index contributed by atoms with van der Waals surface area (Å²) in [5.74, 6) is -0.633. The molecular weight excluding hydrogens is 280 g/mol. The van der Waals surface area contributed by atoms with Crippen LogP contribution >= 0.6 is 0 Å². The first kappa shape index (κ1) is 19.7. The molecule has 7 nitrogen and oxygen atoms in total. The van der Waals surface area contributed by atoms with Gasteiger partial charge in [0.05, 0.1) is 26.4 Å². The van der Waals surface area contributed by atoms with Gasteiger partial charge in [0.2, 0.25) is 0 Å². The molecule has 0 rings (SSSR count). The molecule has 0 aliphatic rings. The summed E-state index contributed by atoms with van der Waals surface area (Å²) in [5, 5.41) is 0. The fourth-order valence-corrected chi connectivity index (χ4v) is 1.23. The van der Waals surface area contributed by atoms with Crippen molar-refractivity contribution in [2.24, 2.45) is 0 Å². The van der Waals surface area contributed by atoms with E-state index in [0.29, 0.717) is 13.2 Å². The number of rotatable bonds is 12. The van der Waals surface area contributed by atoms with Crippen molar-refractivity contribution in [2.45, 2.75) is 39.7 Å². The SMILES string of the molecule is CCCCOCCOCCOC(=O)C(C)OC(=O)OCC. The van der Waals surface area contributed by atoms with Gasteiger partial charge in [0.25, 0.3) is 0 Å². The summed E-state index contributed by atoms with van der Waals surface area (Å²) in [5.41, 5.74) is 0. The van der Waals surface area contributed by atoms with Crippen LogP contribution in [-0.2, 0) is 28.5 Å². The number of ether oxygens (including phenoxy) is 5. The zero-order chi connectivity index (χ0) is 15.9. The first-order valence-corrected chi connectivity index (χ1v) is 7.27. The van der Waals surface area contributed by atoms with Crippen LogP contribution in [0.15, 0.2) is 0 Å². The minimum atomic E-state index is -0.999. The lowest BCUT2D eigenvalue weighted by Crippen LogP contribution is -2.27. The Morgan fingerprint density at radius 1 is 0.905 bits per heavy atom.